The Morgan fingerprint density at radius 1 is 1.40 bits per heavy atom. The zero-order valence-electron chi connectivity index (χ0n) is 9.92. The third kappa shape index (κ3) is 3.56. The molecule has 0 fully saturated rings. The van der Waals surface area contributed by atoms with Gasteiger partial charge in [0.15, 0.2) is 0 Å². The van der Waals surface area contributed by atoms with Crippen LogP contribution in [0.15, 0.2) is 18.2 Å². The van der Waals surface area contributed by atoms with Gasteiger partial charge in [0, 0.05) is 6.54 Å². The van der Waals surface area contributed by atoms with Crippen LogP contribution in [0.25, 0.3) is 0 Å². The summed E-state index contributed by atoms with van der Waals surface area (Å²) in [6.45, 7) is 6.94. The van der Waals surface area contributed by atoms with E-state index in [0.717, 1.165) is 18.6 Å². The van der Waals surface area contributed by atoms with E-state index in [4.69, 9.17) is 10.5 Å². The molecule has 2 nitrogen and oxygen atoms in total. The molecule has 0 amide bonds. The molecule has 0 spiro atoms. The molecule has 1 unspecified atom stereocenters. The molecule has 0 aliphatic rings. The number of aryl methyl sites for hydroxylation is 1. The van der Waals surface area contributed by atoms with Crippen LogP contribution in [-0.4, -0.2) is 6.10 Å². The Morgan fingerprint density at radius 2 is 2.13 bits per heavy atom. The van der Waals surface area contributed by atoms with E-state index >= 15 is 0 Å². The molecule has 0 aliphatic carbocycles. The second-order valence-electron chi connectivity index (χ2n) is 4.01. The van der Waals surface area contributed by atoms with Crippen LogP contribution in [0.3, 0.4) is 0 Å². The zero-order valence-corrected chi connectivity index (χ0v) is 9.92. The van der Waals surface area contributed by atoms with Gasteiger partial charge in [0.05, 0.1) is 6.10 Å². The first-order valence-corrected chi connectivity index (χ1v) is 5.63. The van der Waals surface area contributed by atoms with Crippen molar-refractivity contribution in [2.45, 2.75) is 46.3 Å². The van der Waals surface area contributed by atoms with E-state index < -0.39 is 0 Å². The van der Waals surface area contributed by atoms with Gasteiger partial charge in [-0.25, -0.2) is 0 Å². The lowest BCUT2D eigenvalue weighted by Gasteiger charge is -2.15. The lowest BCUT2D eigenvalue weighted by molar-refractivity contribution is 0.210. The predicted octanol–water partition coefficient (Wildman–Crippen LogP) is 3.02. The number of rotatable bonds is 5. The normalized spacial score (nSPS) is 12.5. The average Bonchev–Trinajstić information content (AvgIpc) is 2.18. The Balaban J connectivity index is 2.66. The highest BCUT2D eigenvalue weighted by Gasteiger charge is 2.04. The van der Waals surface area contributed by atoms with Crippen LogP contribution in [0, 0.1) is 6.92 Å². The van der Waals surface area contributed by atoms with Gasteiger partial charge in [0.2, 0.25) is 0 Å². The fourth-order valence-corrected chi connectivity index (χ4v) is 1.67. The minimum Gasteiger partial charge on any atom is -0.491 e. The molecule has 1 rings (SSSR count). The maximum atomic E-state index is 5.79. The monoisotopic (exact) mass is 207 g/mol. The molecular weight excluding hydrogens is 186 g/mol. The quantitative estimate of drug-likeness (QED) is 0.805. The van der Waals surface area contributed by atoms with E-state index in [1.54, 1.807) is 0 Å². The number of nitrogens with two attached hydrogens (primary N) is 1. The summed E-state index contributed by atoms with van der Waals surface area (Å²) >= 11 is 0. The molecule has 0 saturated heterocycles. The Kier molecular flexibility index (Phi) is 4.63. The molecule has 0 aromatic heterocycles. The molecule has 0 saturated carbocycles. The van der Waals surface area contributed by atoms with Crippen molar-refractivity contribution in [3.8, 4) is 5.75 Å². The summed E-state index contributed by atoms with van der Waals surface area (Å²) in [5.74, 6) is 0.950. The molecule has 2 heteroatoms. The number of hydrogen-bond acceptors (Lipinski definition) is 2. The molecule has 0 bridgehead atoms. The third-order valence-electron chi connectivity index (χ3n) is 2.57. The standard InChI is InChI=1S/C13H21NO/c1-4-5-11(3)15-13-7-6-12(9-14)10(2)8-13/h6-8,11H,4-5,9,14H2,1-3H3. The average molecular weight is 207 g/mol. The van der Waals surface area contributed by atoms with Gasteiger partial charge < -0.3 is 10.5 Å². The second-order valence-corrected chi connectivity index (χ2v) is 4.01. The van der Waals surface area contributed by atoms with E-state index in [9.17, 15) is 0 Å². The van der Waals surface area contributed by atoms with Crippen molar-refractivity contribution in [2.75, 3.05) is 0 Å². The highest BCUT2D eigenvalue weighted by atomic mass is 16.5. The van der Waals surface area contributed by atoms with Crippen LogP contribution in [-0.2, 0) is 6.54 Å². The van der Waals surface area contributed by atoms with Crippen molar-refractivity contribution in [1.29, 1.82) is 0 Å². The van der Waals surface area contributed by atoms with Gasteiger partial charge in [-0.3, -0.25) is 0 Å². The van der Waals surface area contributed by atoms with Crippen molar-refractivity contribution in [3.05, 3.63) is 29.3 Å². The summed E-state index contributed by atoms with van der Waals surface area (Å²) in [4.78, 5) is 0. The summed E-state index contributed by atoms with van der Waals surface area (Å²) in [5, 5.41) is 0. The van der Waals surface area contributed by atoms with Gasteiger partial charge in [0.1, 0.15) is 5.75 Å². The van der Waals surface area contributed by atoms with E-state index in [1.807, 2.05) is 12.1 Å². The molecule has 15 heavy (non-hydrogen) atoms. The Bertz CT molecular complexity index is 309. The van der Waals surface area contributed by atoms with Gasteiger partial charge in [0.25, 0.3) is 0 Å². The van der Waals surface area contributed by atoms with Crippen molar-refractivity contribution in [3.63, 3.8) is 0 Å². The maximum absolute atomic E-state index is 5.79. The van der Waals surface area contributed by atoms with Gasteiger partial charge in [-0.2, -0.15) is 0 Å². The molecular formula is C13H21NO. The first-order chi connectivity index (χ1) is 7.17. The maximum Gasteiger partial charge on any atom is 0.119 e. The van der Waals surface area contributed by atoms with Crippen molar-refractivity contribution >= 4 is 0 Å². The van der Waals surface area contributed by atoms with Gasteiger partial charge in [-0.05, 0) is 43.5 Å². The van der Waals surface area contributed by atoms with Crippen molar-refractivity contribution < 1.29 is 4.74 Å². The molecule has 2 N–H and O–H groups in total. The number of benzene rings is 1. The number of hydrogen-bond donors (Lipinski definition) is 1. The minimum absolute atomic E-state index is 0.290. The molecule has 0 heterocycles. The third-order valence-corrected chi connectivity index (χ3v) is 2.57. The Hall–Kier alpha value is -1.02. The van der Waals surface area contributed by atoms with E-state index in [-0.39, 0.29) is 6.10 Å². The van der Waals surface area contributed by atoms with Crippen molar-refractivity contribution in [1.82, 2.24) is 0 Å². The van der Waals surface area contributed by atoms with E-state index in [1.165, 1.54) is 11.1 Å². The fourth-order valence-electron chi connectivity index (χ4n) is 1.67. The Morgan fingerprint density at radius 3 is 2.67 bits per heavy atom. The fraction of sp³-hybridized carbons (Fsp3) is 0.538. The zero-order chi connectivity index (χ0) is 11.3. The van der Waals surface area contributed by atoms with Crippen LogP contribution in [0.2, 0.25) is 0 Å². The lowest BCUT2D eigenvalue weighted by Crippen LogP contribution is -2.11. The summed E-state index contributed by atoms with van der Waals surface area (Å²) in [6.07, 6.45) is 2.54. The van der Waals surface area contributed by atoms with Gasteiger partial charge in [-0.15, -0.1) is 0 Å². The molecule has 0 aliphatic heterocycles. The van der Waals surface area contributed by atoms with E-state index in [2.05, 4.69) is 26.8 Å². The first kappa shape index (κ1) is 12.1. The molecule has 1 aromatic rings. The van der Waals surface area contributed by atoms with Crippen LogP contribution in [0.5, 0.6) is 5.75 Å². The first-order valence-electron chi connectivity index (χ1n) is 5.63. The molecule has 1 aromatic carbocycles. The largest absolute Gasteiger partial charge is 0.491 e. The molecule has 1 atom stereocenters. The summed E-state index contributed by atoms with van der Waals surface area (Å²) in [6, 6.07) is 6.11. The summed E-state index contributed by atoms with van der Waals surface area (Å²) in [5.41, 5.74) is 8.00. The molecule has 84 valence electrons. The lowest BCUT2D eigenvalue weighted by atomic mass is 10.1. The van der Waals surface area contributed by atoms with Gasteiger partial charge >= 0.3 is 0 Å². The summed E-state index contributed by atoms with van der Waals surface area (Å²) in [7, 11) is 0. The van der Waals surface area contributed by atoms with Crippen LogP contribution in [0.4, 0.5) is 0 Å². The second kappa shape index (κ2) is 5.76. The van der Waals surface area contributed by atoms with Crippen LogP contribution >= 0.6 is 0 Å². The SMILES string of the molecule is CCCC(C)Oc1ccc(CN)c(C)c1. The highest BCUT2D eigenvalue weighted by molar-refractivity contribution is 5.34. The summed E-state index contributed by atoms with van der Waals surface area (Å²) < 4.78 is 5.79. The van der Waals surface area contributed by atoms with Crippen LogP contribution < -0.4 is 10.5 Å². The van der Waals surface area contributed by atoms with Crippen molar-refractivity contribution in [2.24, 2.45) is 5.73 Å². The Labute approximate surface area is 92.4 Å². The number of ether oxygens (including phenoxy) is 1. The van der Waals surface area contributed by atoms with Crippen LogP contribution in [0.1, 0.15) is 37.8 Å². The predicted molar refractivity (Wildman–Crippen MR) is 64.1 cm³/mol. The minimum atomic E-state index is 0.290. The topological polar surface area (TPSA) is 35.2 Å². The molecule has 0 radical (unpaired) electrons. The highest BCUT2D eigenvalue weighted by Crippen LogP contribution is 2.19. The smallest absolute Gasteiger partial charge is 0.119 e. The van der Waals surface area contributed by atoms with E-state index in [0.29, 0.717) is 6.54 Å². The van der Waals surface area contributed by atoms with Gasteiger partial charge in [-0.1, -0.05) is 19.4 Å².